The molecule has 1 aromatic rings. The Morgan fingerprint density at radius 3 is 2.44 bits per heavy atom. The number of benzene rings is 1. The Morgan fingerprint density at radius 2 is 1.88 bits per heavy atom. The van der Waals surface area contributed by atoms with Gasteiger partial charge in [0.2, 0.25) is 0 Å². The van der Waals surface area contributed by atoms with Gasteiger partial charge in [0.15, 0.2) is 5.78 Å². The van der Waals surface area contributed by atoms with Crippen LogP contribution in [0.3, 0.4) is 0 Å². The summed E-state index contributed by atoms with van der Waals surface area (Å²) in [6, 6.07) is 9.18. The van der Waals surface area contributed by atoms with Gasteiger partial charge >= 0.3 is 0 Å². The monoisotopic (exact) mass is 219 g/mol. The van der Waals surface area contributed by atoms with Crippen LogP contribution in [0.5, 0.6) is 0 Å². The number of anilines is 1. The molecule has 3 heteroatoms. The average Bonchev–Trinajstić information content (AvgIpc) is 2.30. The molecule has 1 rings (SSSR count). The van der Waals surface area contributed by atoms with Crippen molar-refractivity contribution in [2.75, 3.05) is 5.32 Å². The Kier molecular flexibility index (Phi) is 4.70. The van der Waals surface area contributed by atoms with Gasteiger partial charge in [-0.1, -0.05) is 25.1 Å². The summed E-state index contributed by atoms with van der Waals surface area (Å²) in [7, 11) is 0. The lowest BCUT2D eigenvalue weighted by Crippen LogP contribution is -2.27. The number of hydrogen-bond donors (Lipinski definition) is 1. The van der Waals surface area contributed by atoms with E-state index in [9.17, 15) is 9.59 Å². The summed E-state index contributed by atoms with van der Waals surface area (Å²) in [5.41, 5.74) is 0.896. The summed E-state index contributed by atoms with van der Waals surface area (Å²) in [6.07, 6.45) is 0.446. The fourth-order valence-electron chi connectivity index (χ4n) is 1.34. The number of nitrogens with one attached hydrogen (secondary N) is 1. The SMILES string of the molecule is CCC(=O)CC(=O)C(C)Nc1ccccc1. The van der Waals surface area contributed by atoms with Crippen LogP contribution in [-0.2, 0) is 9.59 Å². The Hall–Kier alpha value is -1.64. The van der Waals surface area contributed by atoms with E-state index in [4.69, 9.17) is 0 Å². The largest absolute Gasteiger partial charge is 0.376 e. The van der Waals surface area contributed by atoms with Crippen molar-refractivity contribution in [3.05, 3.63) is 30.3 Å². The lowest BCUT2D eigenvalue weighted by molar-refractivity contribution is -0.127. The fraction of sp³-hybridized carbons (Fsp3) is 0.385. The first-order valence-corrected chi connectivity index (χ1v) is 5.49. The van der Waals surface area contributed by atoms with Crippen LogP contribution in [-0.4, -0.2) is 17.6 Å². The number of Topliss-reactive ketones (excluding diaryl/α,β-unsaturated/α-hetero) is 2. The molecule has 1 aromatic carbocycles. The van der Waals surface area contributed by atoms with Crippen molar-refractivity contribution in [2.45, 2.75) is 32.7 Å². The minimum absolute atomic E-state index is 0.00767. The van der Waals surface area contributed by atoms with Crippen LogP contribution in [0.2, 0.25) is 0 Å². The molecule has 0 radical (unpaired) electrons. The van der Waals surface area contributed by atoms with Gasteiger partial charge in [0.1, 0.15) is 5.78 Å². The maximum absolute atomic E-state index is 11.6. The third-order valence-electron chi connectivity index (χ3n) is 2.41. The van der Waals surface area contributed by atoms with Crippen molar-refractivity contribution < 1.29 is 9.59 Å². The van der Waals surface area contributed by atoms with E-state index in [0.717, 1.165) is 5.69 Å². The molecular weight excluding hydrogens is 202 g/mol. The standard InChI is InChI=1S/C13H17NO2/c1-3-12(15)9-13(16)10(2)14-11-7-5-4-6-8-11/h4-8,10,14H,3,9H2,1-2H3. The Morgan fingerprint density at radius 1 is 1.25 bits per heavy atom. The summed E-state index contributed by atoms with van der Waals surface area (Å²) in [5, 5.41) is 3.07. The van der Waals surface area contributed by atoms with Gasteiger partial charge in [0, 0.05) is 12.1 Å². The lowest BCUT2D eigenvalue weighted by Gasteiger charge is -2.13. The quantitative estimate of drug-likeness (QED) is 0.747. The van der Waals surface area contributed by atoms with E-state index in [1.807, 2.05) is 30.3 Å². The summed E-state index contributed by atoms with van der Waals surface area (Å²) in [4.78, 5) is 22.8. The Bertz CT molecular complexity index is 359. The molecule has 0 fully saturated rings. The summed E-state index contributed by atoms with van der Waals surface area (Å²) in [6.45, 7) is 3.54. The summed E-state index contributed by atoms with van der Waals surface area (Å²) < 4.78 is 0. The Labute approximate surface area is 95.9 Å². The first-order chi connectivity index (χ1) is 7.63. The molecule has 3 nitrogen and oxygen atoms in total. The van der Waals surface area contributed by atoms with E-state index in [1.165, 1.54) is 0 Å². The molecule has 86 valence electrons. The minimum Gasteiger partial charge on any atom is -0.376 e. The van der Waals surface area contributed by atoms with Crippen LogP contribution in [0.1, 0.15) is 26.7 Å². The molecular formula is C13H17NO2. The second-order valence-electron chi connectivity index (χ2n) is 3.77. The van der Waals surface area contributed by atoms with E-state index in [2.05, 4.69) is 5.32 Å². The zero-order valence-electron chi connectivity index (χ0n) is 9.69. The van der Waals surface area contributed by atoms with Gasteiger partial charge in [-0.15, -0.1) is 0 Å². The number of ketones is 2. The highest BCUT2D eigenvalue weighted by Gasteiger charge is 2.15. The molecule has 0 spiro atoms. The third-order valence-corrected chi connectivity index (χ3v) is 2.41. The molecule has 1 unspecified atom stereocenters. The van der Waals surface area contributed by atoms with Gasteiger partial charge in [-0.25, -0.2) is 0 Å². The van der Waals surface area contributed by atoms with Crippen LogP contribution in [0.4, 0.5) is 5.69 Å². The minimum atomic E-state index is -0.321. The second-order valence-corrected chi connectivity index (χ2v) is 3.77. The van der Waals surface area contributed by atoms with Gasteiger partial charge in [0.05, 0.1) is 12.5 Å². The topological polar surface area (TPSA) is 46.2 Å². The van der Waals surface area contributed by atoms with E-state index in [0.29, 0.717) is 6.42 Å². The highest BCUT2D eigenvalue weighted by Crippen LogP contribution is 2.08. The Balaban J connectivity index is 2.49. The maximum atomic E-state index is 11.6. The number of hydrogen-bond acceptors (Lipinski definition) is 3. The predicted molar refractivity (Wildman–Crippen MR) is 64.4 cm³/mol. The average molecular weight is 219 g/mol. The van der Waals surface area contributed by atoms with Crippen LogP contribution in [0.15, 0.2) is 30.3 Å². The van der Waals surface area contributed by atoms with Crippen LogP contribution < -0.4 is 5.32 Å². The number of carbonyl (C=O) groups is 2. The molecule has 0 aromatic heterocycles. The molecule has 0 aliphatic carbocycles. The predicted octanol–water partition coefficient (Wildman–Crippen LogP) is 2.43. The van der Waals surface area contributed by atoms with Crippen molar-refractivity contribution in [2.24, 2.45) is 0 Å². The number of rotatable bonds is 6. The molecule has 1 atom stereocenters. The molecule has 0 amide bonds. The van der Waals surface area contributed by atoms with E-state index in [1.54, 1.807) is 13.8 Å². The van der Waals surface area contributed by atoms with Crippen molar-refractivity contribution in [3.63, 3.8) is 0 Å². The maximum Gasteiger partial charge on any atom is 0.162 e. The molecule has 0 bridgehead atoms. The zero-order chi connectivity index (χ0) is 12.0. The third kappa shape index (κ3) is 3.85. The van der Waals surface area contributed by atoms with Gasteiger partial charge in [-0.3, -0.25) is 9.59 Å². The molecule has 0 saturated heterocycles. The first kappa shape index (κ1) is 12.4. The molecule has 1 N–H and O–H groups in total. The van der Waals surface area contributed by atoms with Crippen molar-refractivity contribution >= 4 is 17.3 Å². The lowest BCUT2D eigenvalue weighted by atomic mass is 10.1. The number of carbonyl (C=O) groups excluding carboxylic acids is 2. The summed E-state index contributed by atoms with van der Waals surface area (Å²) >= 11 is 0. The van der Waals surface area contributed by atoms with E-state index in [-0.39, 0.29) is 24.0 Å². The van der Waals surface area contributed by atoms with Crippen LogP contribution in [0.25, 0.3) is 0 Å². The fourth-order valence-corrected chi connectivity index (χ4v) is 1.34. The highest BCUT2D eigenvalue weighted by atomic mass is 16.1. The number of para-hydroxylation sites is 1. The van der Waals surface area contributed by atoms with E-state index >= 15 is 0 Å². The van der Waals surface area contributed by atoms with Gasteiger partial charge in [-0.2, -0.15) is 0 Å². The zero-order valence-corrected chi connectivity index (χ0v) is 9.69. The molecule has 0 aliphatic rings. The summed E-state index contributed by atoms with van der Waals surface area (Å²) in [5.74, 6) is -0.0672. The first-order valence-electron chi connectivity index (χ1n) is 5.49. The highest BCUT2D eigenvalue weighted by molar-refractivity contribution is 6.02. The molecule has 0 saturated carbocycles. The molecule has 0 heterocycles. The van der Waals surface area contributed by atoms with Gasteiger partial charge in [-0.05, 0) is 19.1 Å². The van der Waals surface area contributed by atoms with Gasteiger partial charge in [0.25, 0.3) is 0 Å². The normalized spacial score (nSPS) is 11.9. The van der Waals surface area contributed by atoms with E-state index < -0.39 is 0 Å². The second kappa shape index (κ2) is 6.05. The van der Waals surface area contributed by atoms with Crippen LogP contribution in [0, 0.1) is 0 Å². The van der Waals surface area contributed by atoms with Crippen molar-refractivity contribution in [3.8, 4) is 0 Å². The van der Waals surface area contributed by atoms with Crippen molar-refractivity contribution in [1.82, 2.24) is 0 Å². The molecule has 16 heavy (non-hydrogen) atoms. The van der Waals surface area contributed by atoms with Crippen molar-refractivity contribution in [1.29, 1.82) is 0 Å². The van der Waals surface area contributed by atoms with Gasteiger partial charge < -0.3 is 5.32 Å². The smallest absolute Gasteiger partial charge is 0.162 e. The van der Waals surface area contributed by atoms with Crippen LogP contribution >= 0.6 is 0 Å². The molecule has 0 aliphatic heterocycles.